The highest BCUT2D eigenvalue weighted by Gasteiger charge is 2.42. The van der Waals surface area contributed by atoms with E-state index in [2.05, 4.69) is 0 Å². The lowest BCUT2D eigenvalue weighted by Gasteiger charge is -2.37. The van der Waals surface area contributed by atoms with Crippen molar-refractivity contribution in [3.05, 3.63) is 0 Å². The lowest BCUT2D eigenvalue weighted by atomic mass is 9.68. The maximum atomic E-state index is 12.5. The third-order valence-corrected chi connectivity index (χ3v) is 5.66. The number of rotatable bonds is 15. The Labute approximate surface area is 191 Å². The minimum absolute atomic E-state index is 0.0294. The fourth-order valence-corrected chi connectivity index (χ4v) is 3.49. The van der Waals surface area contributed by atoms with Gasteiger partial charge in [-0.15, -0.1) is 0 Å². The van der Waals surface area contributed by atoms with Gasteiger partial charge in [0, 0.05) is 7.11 Å². The van der Waals surface area contributed by atoms with Crippen molar-refractivity contribution in [1.29, 1.82) is 0 Å². The van der Waals surface area contributed by atoms with Crippen LogP contribution in [0.4, 0.5) is 0 Å². The summed E-state index contributed by atoms with van der Waals surface area (Å²) in [5.41, 5.74) is -0.670. The molecule has 0 heterocycles. The van der Waals surface area contributed by atoms with Crippen LogP contribution in [-0.2, 0) is 42.8 Å². The molecule has 0 bridgehead atoms. The van der Waals surface area contributed by atoms with Crippen LogP contribution in [0, 0.1) is 23.2 Å². The molecule has 9 heteroatoms. The van der Waals surface area contributed by atoms with E-state index in [0.29, 0.717) is 13.0 Å². The summed E-state index contributed by atoms with van der Waals surface area (Å²) in [6.07, 6.45) is 3.10. The number of methoxy groups -OCH3 is 1. The highest BCUT2D eigenvalue weighted by molar-refractivity contribution is 5.77. The van der Waals surface area contributed by atoms with Crippen LogP contribution in [0.2, 0.25) is 0 Å². The quantitative estimate of drug-likeness (QED) is 0.158. The topological polar surface area (TPSA) is 107 Å². The minimum atomic E-state index is -0.670. The molecule has 186 valence electrons. The number of esters is 3. The second-order valence-electron chi connectivity index (χ2n) is 8.83. The summed E-state index contributed by atoms with van der Waals surface area (Å²) in [4.78, 5) is 36.2. The minimum Gasteiger partial charge on any atom is -0.463 e. The molecule has 1 fully saturated rings. The van der Waals surface area contributed by atoms with Gasteiger partial charge in [0.2, 0.25) is 0 Å². The highest BCUT2D eigenvalue weighted by atomic mass is 16.7. The summed E-state index contributed by atoms with van der Waals surface area (Å²) < 4.78 is 31.0. The van der Waals surface area contributed by atoms with Gasteiger partial charge in [-0.3, -0.25) is 14.4 Å². The Bertz CT molecular complexity index is 574. The van der Waals surface area contributed by atoms with Crippen molar-refractivity contribution in [2.45, 2.75) is 53.4 Å². The molecule has 1 rings (SSSR count). The predicted octanol–water partition coefficient (Wildman–Crippen LogP) is 2.74. The van der Waals surface area contributed by atoms with Gasteiger partial charge in [0.1, 0.15) is 26.6 Å². The van der Waals surface area contributed by atoms with Crippen LogP contribution >= 0.6 is 0 Å². The average Bonchev–Trinajstić information content (AvgIpc) is 2.77. The Balaban J connectivity index is 2.22. The van der Waals surface area contributed by atoms with E-state index < -0.39 is 5.41 Å². The third-order valence-electron chi connectivity index (χ3n) is 5.66. The summed E-state index contributed by atoms with van der Waals surface area (Å²) >= 11 is 0. The van der Waals surface area contributed by atoms with Crippen molar-refractivity contribution in [3.8, 4) is 0 Å². The number of hydrogen-bond acceptors (Lipinski definition) is 9. The Kier molecular flexibility index (Phi) is 13.4. The standard InChI is InChI=1S/C23H40O9/c1-17(2)20(24)30-13-10-28-16-29-11-14-31-21(25)18-7-6-8-19(15-18)23(3,4)22(26)32-12-9-27-5/h17-19H,6-16H2,1-5H3. The summed E-state index contributed by atoms with van der Waals surface area (Å²) in [5.74, 6) is -1.13. The first kappa shape index (κ1) is 28.3. The highest BCUT2D eigenvalue weighted by Crippen LogP contribution is 2.41. The van der Waals surface area contributed by atoms with Crippen LogP contribution in [-0.4, -0.2) is 71.5 Å². The van der Waals surface area contributed by atoms with E-state index in [-0.39, 0.29) is 75.5 Å². The van der Waals surface area contributed by atoms with Gasteiger partial charge in [-0.2, -0.15) is 0 Å². The lowest BCUT2D eigenvalue weighted by molar-refractivity contribution is -0.163. The van der Waals surface area contributed by atoms with Gasteiger partial charge in [-0.05, 0) is 39.0 Å². The number of carbonyl (C=O) groups is 3. The molecule has 0 radical (unpaired) electrons. The Morgan fingerprint density at radius 1 is 0.875 bits per heavy atom. The second-order valence-corrected chi connectivity index (χ2v) is 8.83. The Morgan fingerprint density at radius 2 is 1.50 bits per heavy atom. The zero-order valence-electron chi connectivity index (χ0n) is 20.2. The molecule has 2 unspecified atom stereocenters. The maximum Gasteiger partial charge on any atom is 0.311 e. The number of hydrogen-bond donors (Lipinski definition) is 0. The van der Waals surface area contributed by atoms with E-state index in [9.17, 15) is 14.4 Å². The smallest absolute Gasteiger partial charge is 0.311 e. The molecule has 0 aromatic rings. The van der Waals surface area contributed by atoms with Crippen molar-refractivity contribution >= 4 is 17.9 Å². The molecule has 1 saturated carbocycles. The molecular weight excluding hydrogens is 420 g/mol. The largest absolute Gasteiger partial charge is 0.463 e. The monoisotopic (exact) mass is 460 g/mol. The van der Waals surface area contributed by atoms with Crippen molar-refractivity contribution in [2.24, 2.45) is 23.2 Å². The van der Waals surface area contributed by atoms with Crippen LogP contribution in [0.5, 0.6) is 0 Å². The molecule has 1 aliphatic carbocycles. The van der Waals surface area contributed by atoms with Crippen molar-refractivity contribution in [1.82, 2.24) is 0 Å². The normalized spacial score (nSPS) is 18.9. The van der Waals surface area contributed by atoms with Crippen LogP contribution in [0.15, 0.2) is 0 Å². The molecule has 2 atom stereocenters. The fourth-order valence-electron chi connectivity index (χ4n) is 3.49. The summed E-state index contributed by atoms with van der Waals surface area (Å²) in [7, 11) is 1.56. The van der Waals surface area contributed by atoms with E-state index in [1.165, 1.54) is 0 Å². The van der Waals surface area contributed by atoms with Gasteiger partial charge >= 0.3 is 17.9 Å². The summed E-state index contributed by atoms with van der Waals surface area (Å²) in [6.45, 7) is 8.65. The first-order valence-corrected chi connectivity index (χ1v) is 11.3. The first-order chi connectivity index (χ1) is 15.2. The predicted molar refractivity (Wildman–Crippen MR) is 116 cm³/mol. The fraction of sp³-hybridized carbons (Fsp3) is 0.870. The second kappa shape index (κ2) is 15.2. The summed E-state index contributed by atoms with van der Waals surface area (Å²) in [5, 5.41) is 0. The van der Waals surface area contributed by atoms with Crippen LogP contribution in [0.3, 0.4) is 0 Å². The van der Waals surface area contributed by atoms with E-state index in [4.69, 9.17) is 28.4 Å². The molecule has 0 aliphatic heterocycles. The van der Waals surface area contributed by atoms with Gasteiger partial charge in [-0.1, -0.05) is 20.3 Å². The van der Waals surface area contributed by atoms with Gasteiger partial charge in [-0.25, -0.2) is 0 Å². The van der Waals surface area contributed by atoms with E-state index in [1.807, 2.05) is 13.8 Å². The van der Waals surface area contributed by atoms with E-state index >= 15 is 0 Å². The zero-order chi connectivity index (χ0) is 24.0. The summed E-state index contributed by atoms with van der Waals surface area (Å²) in [6, 6.07) is 0. The van der Waals surface area contributed by atoms with E-state index in [0.717, 1.165) is 19.3 Å². The van der Waals surface area contributed by atoms with E-state index in [1.54, 1.807) is 21.0 Å². The number of ether oxygens (including phenoxy) is 6. The van der Waals surface area contributed by atoms with Crippen molar-refractivity contribution in [3.63, 3.8) is 0 Å². The van der Waals surface area contributed by atoms with Crippen LogP contribution in [0.1, 0.15) is 53.4 Å². The van der Waals surface area contributed by atoms with Crippen molar-refractivity contribution < 1.29 is 42.8 Å². The lowest BCUT2D eigenvalue weighted by Crippen LogP contribution is -2.39. The molecular formula is C23H40O9. The van der Waals surface area contributed by atoms with Gasteiger partial charge in [0.15, 0.2) is 0 Å². The molecule has 0 N–H and O–H groups in total. The Morgan fingerprint density at radius 3 is 2.12 bits per heavy atom. The van der Waals surface area contributed by atoms with Crippen LogP contribution < -0.4 is 0 Å². The SMILES string of the molecule is COCCOC(=O)C(C)(C)C1CCCC(C(=O)OCCOCOCCOC(=O)C(C)C)C1. The molecule has 0 aromatic heterocycles. The molecule has 9 nitrogen and oxygen atoms in total. The first-order valence-electron chi connectivity index (χ1n) is 11.3. The molecule has 0 saturated heterocycles. The van der Waals surface area contributed by atoms with Gasteiger partial charge < -0.3 is 28.4 Å². The van der Waals surface area contributed by atoms with Gasteiger partial charge in [0.25, 0.3) is 0 Å². The third kappa shape index (κ3) is 10.3. The molecule has 0 aromatic carbocycles. The molecule has 32 heavy (non-hydrogen) atoms. The Hall–Kier alpha value is -1.71. The van der Waals surface area contributed by atoms with Gasteiger partial charge in [0.05, 0.1) is 37.1 Å². The average molecular weight is 461 g/mol. The van der Waals surface area contributed by atoms with Crippen LogP contribution in [0.25, 0.3) is 0 Å². The molecule has 0 amide bonds. The molecule has 0 spiro atoms. The number of carbonyl (C=O) groups excluding carboxylic acids is 3. The maximum absolute atomic E-state index is 12.5. The zero-order valence-corrected chi connectivity index (χ0v) is 20.2. The molecule has 1 aliphatic rings. The van der Waals surface area contributed by atoms with Crippen molar-refractivity contribution in [2.75, 3.05) is 53.5 Å².